The molecular weight excluding hydrogens is 426 g/mol. The summed E-state index contributed by atoms with van der Waals surface area (Å²) in [5.74, 6) is -0.506. The molecule has 11 heteroatoms. The van der Waals surface area contributed by atoms with Gasteiger partial charge in [-0.2, -0.15) is 23.1 Å². The summed E-state index contributed by atoms with van der Waals surface area (Å²) in [5.41, 5.74) is -1.29. The van der Waals surface area contributed by atoms with E-state index in [0.717, 1.165) is 6.07 Å². The summed E-state index contributed by atoms with van der Waals surface area (Å²) in [5, 5.41) is 2.88. The van der Waals surface area contributed by atoms with Crippen LogP contribution in [0.4, 0.5) is 23.4 Å². The Morgan fingerprint density at radius 1 is 1.23 bits per heavy atom. The number of halogens is 5. The smallest absolute Gasteiger partial charge is 0.366 e. The summed E-state index contributed by atoms with van der Waals surface area (Å²) in [7, 11) is 0. The van der Waals surface area contributed by atoms with Gasteiger partial charge in [0.05, 0.1) is 18.2 Å². The zero-order chi connectivity index (χ0) is 21.8. The molecule has 0 bridgehead atoms. The van der Waals surface area contributed by atoms with Crippen LogP contribution in [0, 0.1) is 5.82 Å². The lowest BCUT2D eigenvalue weighted by Crippen LogP contribution is -2.33. The highest BCUT2D eigenvalue weighted by Gasteiger charge is 2.36. The van der Waals surface area contributed by atoms with E-state index in [1.807, 2.05) is 18.4 Å². The van der Waals surface area contributed by atoms with Crippen LogP contribution in [-0.2, 0) is 23.1 Å². The number of nitrogens with one attached hydrogen (secondary N) is 1. The largest absolute Gasteiger partial charge is 0.419 e. The van der Waals surface area contributed by atoms with Gasteiger partial charge in [-0.15, -0.1) is 0 Å². The average Bonchev–Trinajstić information content (AvgIpc) is 3.01. The Morgan fingerprint density at radius 2 is 1.97 bits per heavy atom. The Kier molecular flexibility index (Phi) is 4.89. The van der Waals surface area contributed by atoms with E-state index in [-0.39, 0.29) is 16.7 Å². The summed E-state index contributed by atoms with van der Waals surface area (Å²) in [6.07, 6.45) is -4.79. The number of rotatable bonds is 3. The molecule has 0 aliphatic carbocycles. The summed E-state index contributed by atoms with van der Waals surface area (Å²) in [4.78, 5) is 13.0. The van der Waals surface area contributed by atoms with Crippen LogP contribution in [0.3, 0.4) is 0 Å². The molecule has 1 aliphatic rings. The molecule has 1 N–H and O–H groups in total. The number of anilines is 1. The highest BCUT2D eigenvalue weighted by atomic mass is 35.5. The third kappa shape index (κ3) is 3.47. The first-order valence-electron chi connectivity index (χ1n) is 9.19. The number of imidazole rings is 1. The van der Waals surface area contributed by atoms with Crippen LogP contribution in [-0.4, -0.2) is 26.1 Å². The van der Waals surface area contributed by atoms with Crippen molar-refractivity contribution in [1.29, 1.82) is 0 Å². The van der Waals surface area contributed by atoms with Crippen molar-refractivity contribution < 1.29 is 22.3 Å². The van der Waals surface area contributed by atoms with Crippen LogP contribution in [0.5, 0.6) is 0 Å². The van der Waals surface area contributed by atoms with Crippen molar-refractivity contribution in [3.8, 4) is 0 Å². The molecule has 1 aliphatic heterocycles. The minimum Gasteiger partial charge on any atom is -0.366 e. The van der Waals surface area contributed by atoms with Crippen LogP contribution in [0.15, 0.2) is 18.2 Å². The van der Waals surface area contributed by atoms with Crippen LogP contribution >= 0.6 is 11.6 Å². The number of benzene rings is 1. The third-order valence-electron chi connectivity index (χ3n) is 5.04. The lowest BCUT2D eigenvalue weighted by molar-refractivity contribution is -0.140. The van der Waals surface area contributed by atoms with E-state index in [1.54, 1.807) is 0 Å². The molecule has 0 saturated carbocycles. The van der Waals surface area contributed by atoms with Crippen LogP contribution < -0.4 is 5.32 Å². The zero-order valence-corrected chi connectivity index (χ0v) is 17.1. The Balaban J connectivity index is 1.78. The third-order valence-corrected chi connectivity index (χ3v) is 5.21. The monoisotopic (exact) mass is 443 g/mol. The first-order valence-corrected chi connectivity index (χ1v) is 9.57. The molecule has 1 aromatic carbocycles. The lowest BCUT2D eigenvalue weighted by Gasteiger charge is -2.30. The standard InChI is InChI=1S/C19H18ClF4N5O/c1-9(10-5-4-6-11(12(10)21)19(22,23)24)25-14-13-15(28-17(20)27-14)29-7-8-30-18(2,3)16(29)26-13/h4-6,9H,7-8H2,1-3H3,(H,25,27,28)/t9-/m1/s1. The van der Waals surface area contributed by atoms with Gasteiger partial charge in [0, 0.05) is 12.1 Å². The van der Waals surface area contributed by atoms with Crippen molar-refractivity contribution in [3.05, 3.63) is 46.3 Å². The minimum absolute atomic E-state index is 0.0614. The molecule has 0 amide bonds. The van der Waals surface area contributed by atoms with Gasteiger partial charge in [0.1, 0.15) is 17.2 Å². The fourth-order valence-electron chi connectivity index (χ4n) is 3.59. The maximum atomic E-state index is 14.5. The van der Waals surface area contributed by atoms with Gasteiger partial charge in [-0.05, 0) is 38.4 Å². The minimum atomic E-state index is -4.79. The van der Waals surface area contributed by atoms with Gasteiger partial charge >= 0.3 is 6.18 Å². The molecule has 0 radical (unpaired) electrons. The molecular formula is C19H18ClF4N5O. The molecule has 0 spiro atoms. The predicted molar refractivity (Wildman–Crippen MR) is 103 cm³/mol. The van der Waals surface area contributed by atoms with Crippen molar-refractivity contribution in [1.82, 2.24) is 19.5 Å². The summed E-state index contributed by atoms with van der Waals surface area (Å²) < 4.78 is 61.4. The SMILES string of the molecule is C[C@@H](Nc1nc(Cl)nc2c1nc1n2CCOC1(C)C)c1cccc(C(F)(F)F)c1F. The van der Waals surface area contributed by atoms with Gasteiger partial charge in [-0.3, -0.25) is 0 Å². The van der Waals surface area contributed by atoms with Gasteiger partial charge in [0.15, 0.2) is 17.0 Å². The molecule has 0 saturated heterocycles. The Morgan fingerprint density at radius 3 is 2.67 bits per heavy atom. The zero-order valence-electron chi connectivity index (χ0n) is 16.3. The molecule has 0 fully saturated rings. The second-order valence-electron chi connectivity index (χ2n) is 7.53. The number of aromatic nitrogens is 4. The molecule has 4 rings (SSSR count). The summed E-state index contributed by atoms with van der Waals surface area (Å²) in [6.45, 7) is 6.24. The van der Waals surface area contributed by atoms with E-state index < -0.39 is 29.2 Å². The Hall–Kier alpha value is -2.46. The highest BCUT2D eigenvalue weighted by Crippen LogP contribution is 2.36. The first kappa shape index (κ1) is 20.8. The first-order chi connectivity index (χ1) is 14.0. The van der Waals surface area contributed by atoms with E-state index in [2.05, 4.69) is 20.3 Å². The van der Waals surface area contributed by atoms with Crippen molar-refractivity contribution in [2.24, 2.45) is 0 Å². The number of hydrogen-bond donors (Lipinski definition) is 1. The predicted octanol–water partition coefficient (Wildman–Crippen LogP) is 5.08. The van der Waals surface area contributed by atoms with E-state index in [1.165, 1.54) is 13.0 Å². The number of ether oxygens (including phenoxy) is 1. The molecule has 30 heavy (non-hydrogen) atoms. The Bertz CT molecular complexity index is 1130. The van der Waals surface area contributed by atoms with Crippen molar-refractivity contribution >= 4 is 28.6 Å². The lowest BCUT2D eigenvalue weighted by atomic mass is 10.0. The van der Waals surface area contributed by atoms with Crippen LogP contribution in [0.1, 0.15) is 43.8 Å². The van der Waals surface area contributed by atoms with Gasteiger partial charge < -0.3 is 14.6 Å². The van der Waals surface area contributed by atoms with E-state index in [4.69, 9.17) is 16.3 Å². The fourth-order valence-corrected chi connectivity index (χ4v) is 3.75. The number of hydrogen-bond acceptors (Lipinski definition) is 5. The van der Waals surface area contributed by atoms with Crippen molar-refractivity contribution in [3.63, 3.8) is 0 Å². The molecule has 0 unspecified atom stereocenters. The number of fused-ring (bicyclic) bond motifs is 3. The Labute approximate surface area is 174 Å². The highest BCUT2D eigenvalue weighted by molar-refractivity contribution is 6.28. The van der Waals surface area contributed by atoms with E-state index in [9.17, 15) is 17.6 Å². The number of nitrogens with zero attached hydrogens (tertiary/aromatic N) is 4. The normalized spacial score (nSPS) is 17.1. The molecule has 160 valence electrons. The average molecular weight is 444 g/mol. The van der Waals surface area contributed by atoms with Crippen molar-refractivity contribution in [2.75, 3.05) is 11.9 Å². The van der Waals surface area contributed by atoms with Crippen molar-refractivity contribution in [2.45, 2.75) is 45.1 Å². The molecule has 1 atom stereocenters. The van der Waals surface area contributed by atoms with E-state index >= 15 is 0 Å². The van der Waals surface area contributed by atoms with Gasteiger partial charge in [-0.1, -0.05) is 12.1 Å². The van der Waals surface area contributed by atoms with Gasteiger partial charge in [0.25, 0.3) is 0 Å². The molecule has 3 aromatic rings. The quantitative estimate of drug-likeness (QED) is 0.452. The maximum Gasteiger partial charge on any atom is 0.419 e. The van der Waals surface area contributed by atoms with Crippen LogP contribution in [0.2, 0.25) is 5.28 Å². The summed E-state index contributed by atoms with van der Waals surface area (Å²) in [6, 6.07) is 2.32. The van der Waals surface area contributed by atoms with Gasteiger partial charge in [-0.25, -0.2) is 9.37 Å². The second-order valence-corrected chi connectivity index (χ2v) is 7.87. The van der Waals surface area contributed by atoms with Gasteiger partial charge in [0.2, 0.25) is 5.28 Å². The molecule has 6 nitrogen and oxygen atoms in total. The maximum absolute atomic E-state index is 14.5. The van der Waals surface area contributed by atoms with Crippen LogP contribution in [0.25, 0.3) is 11.2 Å². The molecule has 3 heterocycles. The number of alkyl halides is 3. The van der Waals surface area contributed by atoms with E-state index in [0.29, 0.717) is 36.2 Å². The molecule has 2 aromatic heterocycles. The fraction of sp³-hybridized carbons (Fsp3) is 0.421. The topological polar surface area (TPSA) is 64.9 Å². The second kappa shape index (κ2) is 7.05. The summed E-state index contributed by atoms with van der Waals surface area (Å²) >= 11 is 6.08.